The van der Waals surface area contributed by atoms with E-state index in [-0.39, 0.29) is 18.3 Å². The van der Waals surface area contributed by atoms with Crippen LogP contribution in [0.1, 0.15) is 23.1 Å². The highest BCUT2D eigenvalue weighted by atomic mass is 79.9. The van der Waals surface area contributed by atoms with E-state index in [1.807, 2.05) is 6.07 Å². The van der Waals surface area contributed by atoms with Gasteiger partial charge in [-0.15, -0.1) is 0 Å². The van der Waals surface area contributed by atoms with E-state index in [9.17, 15) is 4.39 Å². The summed E-state index contributed by atoms with van der Waals surface area (Å²) in [4.78, 5) is 4.21. The van der Waals surface area contributed by atoms with Crippen molar-refractivity contribution in [2.24, 2.45) is 10.7 Å². The van der Waals surface area contributed by atoms with E-state index in [0.717, 1.165) is 23.0 Å². The van der Waals surface area contributed by atoms with Gasteiger partial charge in [-0.3, -0.25) is 0 Å². The van der Waals surface area contributed by atoms with Crippen molar-refractivity contribution in [1.29, 1.82) is 0 Å². The number of guanidine groups is 1. The average Bonchev–Trinajstić information content (AvgIpc) is 2.96. The van der Waals surface area contributed by atoms with Crippen molar-refractivity contribution in [3.63, 3.8) is 0 Å². The minimum absolute atomic E-state index is 0.203. The number of aryl methyl sites for hydroxylation is 2. The van der Waals surface area contributed by atoms with Crippen LogP contribution >= 0.6 is 15.9 Å². The Balaban J connectivity index is 1.68. The first-order valence-electron chi connectivity index (χ1n) is 7.24. The number of nitrogens with two attached hydrogens (primary N) is 1. The molecule has 0 spiro atoms. The third-order valence-electron chi connectivity index (χ3n) is 3.80. The second kappa shape index (κ2) is 6.48. The Labute approximate surface area is 137 Å². The maximum absolute atomic E-state index is 13.6. The first kappa shape index (κ1) is 15.0. The Kier molecular flexibility index (Phi) is 4.43. The molecule has 22 heavy (non-hydrogen) atoms. The predicted octanol–water partition coefficient (Wildman–Crippen LogP) is 4.00. The Bertz CT molecular complexity index is 728. The maximum atomic E-state index is 13.6. The molecule has 3 N–H and O–H groups in total. The number of anilines is 1. The van der Waals surface area contributed by atoms with Crippen LogP contribution in [0, 0.1) is 5.82 Å². The summed E-state index contributed by atoms with van der Waals surface area (Å²) in [6.45, 7) is 0.203. The van der Waals surface area contributed by atoms with Crippen LogP contribution in [0.5, 0.6) is 0 Å². The summed E-state index contributed by atoms with van der Waals surface area (Å²) in [6, 6.07) is 11.0. The second-order valence-electron chi connectivity index (χ2n) is 5.40. The highest BCUT2D eigenvalue weighted by Crippen LogP contribution is 2.24. The van der Waals surface area contributed by atoms with E-state index < -0.39 is 0 Å². The molecule has 0 saturated heterocycles. The third-order valence-corrected chi connectivity index (χ3v) is 4.29. The zero-order valence-corrected chi connectivity index (χ0v) is 13.7. The molecule has 5 heteroatoms. The van der Waals surface area contributed by atoms with E-state index in [2.05, 4.69) is 38.4 Å². The normalized spacial score (nSPS) is 14.0. The van der Waals surface area contributed by atoms with Crippen molar-refractivity contribution in [2.75, 3.05) is 5.32 Å². The molecule has 3 nitrogen and oxygen atoms in total. The molecule has 1 aliphatic carbocycles. The molecule has 3 rings (SSSR count). The fourth-order valence-corrected chi connectivity index (χ4v) is 3.08. The molecule has 0 amide bonds. The Morgan fingerprint density at radius 3 is 2.86 bits per heavy atom. The summed E-state index contributed by atoms with van der Waals surface area (Å²) in [5.74, 6) is 0.00889. The van der Waals surface area contributed by atoms with Gasteiger partial charge < -0.3 is 11.1 Å². The lowest BCUT2D eigenvalue weighted by Gasteiger charge is -2.08. The molecule has 0 bridgehead atoms. The molecule has 1 aliphatic rings. The van der Waals surface area contributed by atoms with Crippen LogP contribution in [-0.2, 0) is 19.4 Å². The average molecular weight is 362 g/mol. The van der Waals surface area contributed by atoms with E-state index in [1.54, 1.807) is 12.1 Å². The molecule has 0 saturated carbocycles. The van der Waals surface area contributed by atoms with Crippen LogP contribution in [0.4, 0.5) is 10.1 Å². The quantitative estimate of drug-likeness (QED) is 0.641. The topological polar surface area (TPSA) is 50.4 Å². The van der Waals surface area contributed by atoms with Crippen LogP contribution in [0.2, 0.25) is 0 Å². The number of rotatable bonds is 3. The Morgan fingerprint density at radius 2 is 2.00 bits per heavy atom. The summed E-state index contributed by atoms with van der Waals surface area (Å²) < 4.78 is 14.5. The predicted molar refractivity (Wildman–Crippen MR) is 91.5 cm³/mol. The van der Waals surface area contributed by atoms with Crippen LogP contribution in [0.25, 0.3) is 0 Å². The lowest BCUT2D eigenvalue weighted by Crippen LogP contribution is -2.22. The van der Waals surface area contributed by atoms with E-state index in [4.69, 9.17) is 5.73 Å². The number of fused-ring (bicyclic) bond motifs is 1. The van der Waals surface area contributed by atoms with Crippen molar-refractivity contribution in [2.45, 2.75) is 25.8 Å². The number of halogens is 2. The lowest BCUT2D eigenvalue weighted by molar-refractivity contribution is 0.610. The van der Waals surface area contributed by atoms with Crippen LogP contribution < -0.4 is 11.1 Å². The SMILES string of the molecule is NC(=NCc1cc(Br)ccc1F)Nc1ccc2c(c1)CCC2. The molecule has 0 atom stereocenters. The fourth-order valence-electron chi connectivity index (χ4n) is 2.67. The molecule has 2 aromatic rings. The molecule has 0 fully saturated rings. The van der Waals surface area contributed by atoms with Crippen LogP contribution in [-0.4, -0.2) is 5.96 Å². The number of hydrogen-bond acceptors (Lipinski definition) is 1. The largest absolute Gasteiger partial charge is 0.370 e. The van der Waals surface area contributed by atoms with Gasteiger partial charge in [0.1, 0.15) is 5.82 Å². The molecule has 0 aliphatic heterocycles. The standard InChI is InChI=1S/C17H17BrFN3/c18-14-5-7-16(19)13(8-14)10-21-17(20)22-15-6-4-11-2-1-3-12(11)9-15/h4-9H,1-3,10H2,(H3,20,21,22). The van der Waals surface area contributed by atoms with Gasteiger partial charge in [-0.1, -0.05) is 22.0 Å². The zero-order valence-electron chi connectivity index (χ0n) is 12.1. The molecule has 0 radical (unpaired) electrons. The van der Waals surface area contributed by atoms with Gasteiger partial charge in [-0.2, -0.15) is 0 Å². The van der Waals surface area contributed by atoms with Crippen molar-refractivity contribution < 1.29 is 4.39 Å². The summed E-state index contributed by atoms with van der Waals surface area (Å²) in [6.07, 6.45) is 3.48. The van der Waals surface area contributed by atoms with Crippen molar-refractivity contribution >= 4 is 27.6 Å². The van der Waals surface area contributed by atoms with Gasteiger partial charge in [0.2, 0.25) is 0 Å². The molecule has 0 unspecified atom stereocenters. The van der Waals surface area contributed by atoms with Crippen LogP contribution in [0.3, 0.4) is 0 Å². The van der Waals surface area contributed by atoms with Crippen LogP contribution in [0.15, 0.2) is 45.9 Å². The second-order valence-corrected chi connectivity index (χ2v) is 6.31. The van der Waals surface area contributed by atoms with Crippen molar-refractivity contribution in [3.05, 3.63) is 63.4 Å². The fraction of sp³-hybridized carbons (Fsp3) is 0.235. The van der Waals surface area contributed by atoms with E-state index >= 15 is 0 Å². The molecule has 114 valence electrons. The van der Waals surface area contributed by atoms with Gasteiger partial charge in [0.15, 0.2) is 5.96 Å². The lowest BCUT2D eigenvalue weighted by atomic mass is 10.1. The van der Waals surface area contributed by atoms with Crippen molar-refractivity contribution in [1.82, 2.24) is 0 Å². The first-order chi connectivity index (χ1) is 10.6. The number of aliphatic imine (C=N–C) groups is 1. The highest BCUT2D eigenvalue weighted by molar-refractivity contribution is 9.10. The van der Waals surface area contributed by atoms with E-state index in [0.29, 0.717) is 5.56 Å². The Morgan fingerprint density at radius 1 is 1.18 bits per heavy atom. The minimum atomic E-state index is -0.280. The molecule has 0 aromatic heterocycles. The number of hydrogen-bond donors (Lipinski definition) is 2. The molecule has 2 aromatic carbocycles. The van der Waals surface area contributed by atoms with Gasteiger partial charge in [0.25, 0.3) is 0 Å². The smallest absolute Gasteiger partial charge is 0.193 e. The number of nitrogens with zero attached hydrogens (tertiary/aromatic N) is 1. The highest BCUT2D eigenvalue weighted by Gasteiger charge is 2.11. The maximum Gasteiger partial charge on any atom is 0.193 e. The summed E-state index contributed by atoms with van der Waals surface area (Å²) in [5, 5.41) is 3.07. The van der Waals surface area contributed by atoms with Crippen molar-refractivity contribution in [3.8, 4) is 0 Å². The monoisotopic (exact) mass is 361 g/mol. The van der Waals surface area contributed by atoms with Gasteiger partial charge in [0, 0.05) is 15.7 Å². The van der Waals surface area contributed by atoms with E-state index in [1.165, 1.54) is 23.6 Å². The number of nitrogens with one attached hydrogen (secondary N) is 1. The van der Waals surface area contributed by atoms with Gasteiger partial charge in [-0.25, -0.2) is 9.38 Å². The minimum Gasteiger partial charge on any atom is -0.370 e. The zero-order chi connectivity index (χ0) is 15.5. The molecular weight excluding hydrogens is 345 g/mol. The summed E-state index contributed by atoms with van der Waals surface area (Å²) in [7, 11) is 0. The number of benzene rings is 2. The summed E-state index contributed by atoms with van der Waals surface area (Å²) in [5.41, 5.74) is 10.1. The summed E-state index contributed by atoms with van der Waals surface area (Å²) >= 11 is 3.32. The van der Waals surface area contributed by atoms with Gasteiger partial charge >= 0.3 is 0 Å². The third kappa shape index (κ3) is 3.47. The Hall–Kier alpha value is -1.88. The molecule has 0 heterocycles. The van der Waals surface area contributed by atoms with Gasteiger partial charge in [-0.05, 0) is 60.7 Å². The van der Waals surface area contributed by atoms with Gasteiger partial charge in [0.05, 0.1) is 6.54 Å². The first-order valence-corrected chi connectivity index (χ1v) is 8.04. The molecular formula is C17H17BrFN3.